The highest BCUT2D eigenvalue weighted by atomic mass is 16.5. The van der Waals surface area contributed by atoms with Crippen LogP contribution in [0.1, 0.15) is 36.4 Å². The minimum Gasteiger partial charge on any atom is -0.451 e. The van der Waals surface area contributed by atoms with E-state index in [4.69, 9.17) is 9.15 Å². The fourth-order valence-electron chi connectivity index (χ4n) is 2.93. The first kappa shape index (κ1) is 16.7. The maximum absolute atomic E-state index is 12.7. The van der Waals surface area contributed by atoms with Crippen molar-refractivity contribution in [1.82, 2.24) is 5.32 Å². The Hall–Kier alpha value is -2.11. The minimum absolute atomic E-state index is 0.0673. The molecular formula is C19H23NO4. The number of hydrogen-bond acceptors (Lipinski definition) is 4. The van der Waals surface area contributed by atoms with E-state index in [0.717, 1.165) is 10.9 Å². The van der Waals surface area contributed by atoms with Gasteiger partial charge in [-0.05, 0) is 26.3 Å². The zero-order valence-electron chi connectivity index (χ0n) is 14.0. The molecule has 0 aliphatic heterocycles. The van der Waals surface area contributed by atoms with Crippen molar-refractivity contribution in [3.8, 4) is 0 Å². The third-order valence-electron chi connectivity index (χ3n) is 4.19. The summed E-state index contributed by atoms with van der Waals surface area (Å²) in [6, 6.07) is 7.51. The van der Waals surface area contributed by atoms with Gasteiger partial charge >= 0.3 is 0 Å². The summed E-state index contributed by atoms with van der Waals surface area (Å²) in [5.41, 5.74) is 1.46. The number of carbonyl (C=O) groups excluding carboxylic acids is 1. The molecule has 5 heteroatoms. The Bertz CT molecular complexity index is 747. The molecule has 0 fully saturated rings. The molecule has 1 aromatic carbocycles. The number of nitrogens with one attached hydrogen (secondary N) is 1. The average molecular weight is 329 g/mol. The monoisotopic (exact) mass is 329 g/mol. The van der Waals surface area contributed by atoms with Crippen molar-refractivity contribution >= 4 is 16.9 Å². The fourth-order valence-corrected chi connectivity index (χ4v) is 2.93. The van der Waals surface area contributed by atoms with Gasteiger partial charge in [0.1, 0.15) is 5.58 Å². The molecule has 1 aliphatic rings. The van der Waals surface area contributed by atoms with Crippen LogP contribution in [0.5, 0.6) is 0 Å². The summed E-state index contributed by atoms with van der Waals surface area (Å²) in [5, 5.41) is 13.1. The maximum atomic E-state index is 12.7. The second-order valence-electron chi connectivity index (χ2n) is 6.41. The molecule has 1 aromatic heterocycles. The summed E-state index contributed by atoms with van der Waals surface area (Å²) in [6.45, 7) is 4.35. The molecule has 0 saturated heterocycles. The molecule has 0 radical (unpaired) electrons. The molecule has 2 aromatic rings. The normalized spacial score (nSPS) is 20.2. The van der Waals surface area contributed by atoms with E-state index < -0.39 is 0 Å². The van der Waals surface area contributed by atoms with Crippen LogP contribution < -0.4 is 5.32 Å². The van der Waals surface area contributed by atoms with E-state index in [9.17, 15) is 9.90 Å². The lowest BCUT2D eigenvalue weighted by Gasteiger charge is -2.13. The van der Waals surface area contributed by atoms with Gasteiger partial charge in [-0.15, -0.1) is 0 Å². The van der Waals surface area contributed by atoms with Gasteiger partial charge in [0.05, 0.1) is 12.7 Å². The van der Waals surface area contributed by atoms with E-state index in [1.54, 1.807) is 0 Å². The molecule has 3 rings (SSSR count). The van der Waals surface area contributed by atoms with Crippen LogP contribution in [0.3, 0.4) is 0 Å². The average Bonchev–Trinajstić information content (AvgIpc) is 3.16. The number of para-hydroxylation sites is 1. The zero-order chi connectivity index (χ0) is 17.1. The van der Waals surface area contributed by atoms with E-state index in [0.29, 0.717) is 24.4 Å². The van der Waals surface area contributed by atoms with E-state index in [-0.39, 0.29) is 30.6 Å². The number of aliphatic hydroxyl groups excluding tert-OH is 1. The van der Waals surface area contributed by atoms with Gasteiger partial charge in [0, 0.05) is 29.5 Å². The molecule has 0 unspecified atom stereocenters. The number of rotatable bonds is 6. The number of benzene rings is 1. The zero-order valence-corrected chi connectivity index (χ0v) is 14.0. The van der Waals surface area contributed by atoms with Gasteiger partial charge in [0.15, 0.2) is 5.76 Å². The summed E-state index contributed by atoms with van der Waals surface area (Å²) in [7, 11) is 0. The summed E-state index contributed by atoms with van der Waals surface area (Å²) in [5.74, 6) is 0.161. The molecule has 1 amide bonds. The van der Waals surface area contributed by atoms with Crippen LogP contribution in [0, 0.1) is 5.92 Å². The quantitative estimate of drug-likeness (QED) is 0.799. The van der Waals surface area contributed by atoms with Gasteiger partial charge in [-0.1, -0.05) is 30.4 Å². The van der Waals surface area contributed by atoms with Gasteiger partial charge in [-0.25, -0.2) is 0 Å². The molecule has 128 valence electrons. The van der Waals surface area contributed by atoms with E-state index in [1.165, 1.54) is 0 Å². The number of amides is 1. The number of furan rings is 1. The van der Waals surface area contributed by atoms with Crippen molar-refractivity contribution in [1.29, 1.82) is 0 Å². The van der Waals surface area contributed by atoms with Crippen LogP contribution in [0.15, 0.2) is 40.8 Å². The lowest BCUT2D eigenvalue weighted by Crippen LogP contribution is -2.33. The second-order valence-corrected chi connectivity index (χ2v) is 6.41. The molecule has 2 atom stereocenters. The first-order valence-electron chi connectivity index (χ1n) is 8.30. The minimum atomic E-state index is -0.248. The van der Waals surface area contributed by atoms with Crippen molar-refractivity contribution in [2.24, 2.45) is 5.92 Å². The largest absolute Gasteiger partial charge is 0.451 e. The molecule has 0 saturated carbocycles. The van der Waals surface area contributed by atoms with E-state index in [2.05, 4.69) is 5.32 Å². The Morgan fingerprint density at radius 2 is 2.17 bits per heavy atom. The van der Waals surface area contributed by atoms with Crippen LogP contribution >= 0.6 is 0 Å². The van der Waals surface area contributed by atoms with E-state index in [1.807, 2.05) is 50.3 Å². The smallest absolute Gasteiger partial charge is 0.287 e. The summed E-state index contributed by atoms with van der Waals surface area (Å²) >= 11 is 0. The van der Waals surface area contributed by atoms with E-state index >= 15 is 0 Å². The Morgan fingerprint density at radius 3 is 2.88 bits per heavy atom. The molecule has 0 spiro atoms. The lowest BCUT2D eigenvalue weighted by atomic mass is 10.1. The number of hydrogen-bond donors (Lipinski definition) is 2. The van der Waals surface area contributed by atoms with Crippen molar-refractivity contribution in [3.63, 3.8) is 0 Å². The Labute approximate surface area is 141 Å². The van der Waals surface area contributed by atoms with Gasteiger partial charge in [-0.2, -0.15) is 0 Å². The molecule has 1 heterocycles. The molecule has 2 N–H and O–H groups in total. The van der Waals surface area contributed by atoms with Gasteiger partial charge in [0.2, 0.25) is 0 Å². The first-order chi connectivity index (χ1) is 11.6. The number of fused-ring (bicyclic) bond motifs is 1. The van der Waals surface area contributed by atoms with Crippen molar-refractivity contribution in [2.45, 2.75) is 39.0 Å². The maximum Gasteiger partial charge on any atom is 0.287 e. The Balaban J connectivity index is 1.83. The third-order valence-corrected chi connectivity index (χ3v) is 4.19. The fraction of sp³-hybridized carbons (Fsp3) is 0.421. The molecular weight excluding hydrogens is 306 g/mol. The number of ether oxygens (including phenoxy) is 1. The molecule has 24 heavy (non-hydrogen) atoms. The molecule has 5 nitrogen and oxygen atoms in total. The lowest BCUT2D eigenvalue weighted by molar-refractivity contribution is 0.0642. The van der Waals surface area contributed by atoms with Crippen molar-refractivity contribution in [3.05, 3.63) is 47.7 Å². The highest BCUT2D eigenvalue weighted by Gasteiger charge is 2.25. The van der Waals surface area contributed by atoms with Crippen LogP contribution in [-0.2, 0) is 11.3 Å². The first-order valence-corrected chi connectivity index (χ1v) is 8.30. The van der Waals surface area contributed by atoms with Crippen molar-refractivity contribution < 1.29 is 19.1 Å². The standard InChI is InChI=1S/C19H23NO4/c1-12(2)23-11-16-15-5-3-4-6-17(15)24-18(16)19(22)20-14-8-7-13(9-14)10-21/h3-8,12-14,21H,9-11H2,1-2H3,(H,20,22)/t13-,14+/m0/s1. The summed E-state index contributed by atoms with van der Waals surface area (Å²) in [4.78, 5) is 12.7. The number of carbonyl (C=O) groups is 1. The topological polar surface area (TPSA) is 71.7 Å². The predicted molar refractivity (Wildman–Crippen MR) is 91.7 cm³/mol. The third kappa shape index (κ3) is 3.52. The molecule has 1 aliphatic carbocycles. The Kier molecular flexibility index (Phi) is 5.02. The van der Waals surface area contributed by atoms with Crippen LogP contribution in [0.25, 0.3) is 11.0 Å². The van der Waals surface area contributed by atoms with Crippen LogP contribution in [0.4, 0.5) is 0 Å². The Morgan fingerprint density at radius 1 is 1.38 bits per heavy atom. The van der Waals surface area contributed by atoms with Gasteiger partial charge < -0.3 is 19.6 Å². The predicted octanol–water partition coefficient (Wildman–Crippen LogP) is 3.02. The summed E-state index contributed by atoms with van der Waals surface area (Å²) < 4.78 is 11.5. The van der Waals surface area contributed by atoms with Crippen LogP contribution in [-0.4, -0.2) is 29.8 Å². The highest BCUT2D eigenvalue weighted by Crippen LogP contribution is 2.27. The number of aliphatic hydroxyl groups is 1. The highest BCUT2D eigenvalue weighted by molar-refractivity contribution is 5.99. The van der Waals surface area contributed by atoms with Gasteiger partial charge in [-0.3, -0.25) is 4.79 Å². The van der Waals surface area contributed by atoms with Crippen molar-refractivity contribution in [2.75, 3.05) is 6.61 Å². The summed E-state index contributed by atoms with van der Waals surface area (Å²) in [6.07, 6.45) is 4.64. The van der Waals surface area contributed by atoms with Crippen LogP contribution in [0.2, 0.25) is 0 Å². The van der Waals surface area contributed by atoms with Gasteiger partial charge in [0.25, 0.3) is 5.91 Å². The SMILES string of the molecule is CC(C)OCc1c(C(=O)N[C@@H]2C=C[C@H](CO)C2)oc2ccccc12. The second kappa shape index (κ2) is 7.20. The molecule has 0 bridgehead atoms.